The van der Waals surface area contributed by atoms with Crippen molar-refractivity contribution in [3.05, 3.63) is 45.9 Å². The zero-order valence-corrected chi connectivity index (χ0v) is 20.4. The van der Waals surface area contributed by atoms with Gasteiger partial charge in [0.05, 0.1) is 18.2 Å². The first-order valence-electron chi connectivity index (χ1n) is 9.01. The lowest BCUT2D eigenvalue weighted by atomic mass is 10.1. The Morgan fingerprint density at radius 3 is 2.60 bits per heavy atom. The van der Waals surface area contributed by atoms with Gasteiger partial charge in [-0.3, -0.25) is 4.99 Å². The van der Waals surface area contributed by atoms with Gasteiger partial charge >= 0.3 is 6.18 Å². The molecule has 2 aromatic rings. The smallest absolute Gasteiger partial charge is 0.434 e. The van der Waals surface area contributed by atoms with E-state index in [0.717, 1.165) is 28.0 Å². The van der Waals surface area contributed by atoms with E-state index in [9.17, 15) is 13.2 Å². The summed E-state index contributed by atoms with van der Waals surface area (Å²) in [6.07, 6.45) is -4.02. The fourth-order valence-electron chi connectivity index (χ4n) is 2.71. The van der Waals surface area contributed by atoms with Gasteiger partial charge in [0.1, 0.15) is 5.75 Å². The molecule has 1 unspecified atom stereocenters. The average molecular weight is 557 g/mol. The highest BCUT2D eigenvalue weighted by atomic mass is 127. The van der Waals surface area contributed by atoms with Gasteiger partial charge in [0, 0.05) is 31.9 Å². The minimum Gasteiger partial charge on any atom is -0.497 e. The van der Waals surface area contributed by atoms with Crippen molar-refractivity contribution in [3.8, 4) is 5.75 Å². The molecule has 0 spiro atoms. The maximum absolute atomic E-state index is 12.6. The molecule has 0 bridgehead atoms. The zero-order chi connectivity index (χ0) is 21.4. The fourth-order valence-corrected chi connectivity index (χ4v) is 3.51. The summed E-state index contributed by atoms with van der Waals surface area (Å²) < 4.78 is 43.2. The molecule has 0 fully saturated rings. The minimum atomic E-state index is -4.40. The number of hydrogen-bond acceptors (Lipinski definition) is 5. The van der Waals surface area contributed by atoms with Crippen LogP contribution in [-0.2, 0) is 12.6 Å². The summed E-state index contributed by atoms with van der Waals surface area (Å²) >= 11 is 1.01. The van der Waals surface area contributed by atoms with E-state index >= 15 is 0 Å². The predicted octanol–water partition coefficient (Wildman–Crippen LogP) is 3.80. The van der Waals surface area contributed by atoms with Crippen molar-refractivity contribution in [1.82, 2.24) is 20.5 Å². The van der Waals surface area contributed by atoms with Gasteiger partial charge in [-0.1, -0.05) is 12.1 Å². The van der Waals surface area contributed by atoms with Crippen LogP contribution in [0.1, 0.15) is 22.3 Å². The van der Waals surface area contributed by atoms with Crippen LogP contribution in [0.15, 0.2) is 34.6 Å². The van der Waals surface area contributed by atoms with Crippen molar-refractivity contribution in [2.24, 2.45) is 4.99 Å². The second-order valence-corrected chi connectivity index (χ2v) is 7.45. The molecule has 168 valence electrons. The van der Waals surface area contributed by atoms with Gasteiger partial charge in [-0.2, -0.15) is 13.2 Å². The van der Waals surface area contributed by atoms with Crippen LogP contribution in [0.5, 0.6) is 5.75 Å². The molecule has 0 amide bonds. The normalized spacial score (nSPS) is 13.0. The Hall–Kier alpha value is -1.60. The molecular weight excluding hydrogens is 530 g/mol. The summed E-state index contributed by atoms with van der Waals surface area (Å²) in [5, 5.41) is 7.85. The lowest BCUT2D eigenvalue weighted by Gasteiger charge is -2.26. The Morgan fingerprint density at radius 1 is 1.30 bits per heavy atom. The van der Waals surface area contributed by atoms with Crippen LogP contribution in [0.3, 0.4) is 0 Å². The second-order valence-electron chi connectivity index (χ2n) is 6.51. The molecule has 0 aliphatic rings. The molecule has 0 aliphatic heterocycles. The maximum atomic E-state index is 12.6. The third-order valence-electron chi connectivity index (χ3n) is 4.26. The SMILES string of the molecule is CN=C(NCCc1nc(C(F)(F)F)cs1)NCC(c1cccc(OC)c1)N(C)C.I. The minimum absolute atomic E-state index is 0. The lowest BCUT2D eigenvalue weighted by molar-refractivity contribution is -0.140. The van der Waals surface area contributed by atoms with E-state index in [-0.39, 0.29) is 30.0 Å². The first kappa shape index (κ1) is 26.4. The molecule has 0 saturated heterocycles. The van der Waals surface area contributed by atoms with Crippen molar-refractivity contribution in [2.45, 2.75) is 18.6 Å². The average Bonchev–Trinajstić information content (AvgIpc) is 3.16. The Morgan fingerprint density at radius 2 is 2.03 bits per heavy atom. The first-order valence-corrected chi connectivity index (χ1v) is 9.89. The fraction of sp³-hybridized carbons (Fsp3) is 0.474. The molecule has 11 heteroatoms. The molecule has 1 aromatic heterocycles. The molecule has 0 saturated carbocycles. The molecule has 6 nitrogen and oxygen atoms in total. The molecular formula is C19H27F3IN5OS. The number of likely N-dealkylation sites (N-methyl/N-ethyl adjacent to an activating group) is 1. The molecule has 1 atom stereocenters. The summed E-state index contributed by atoms with van der Waals surface area (Å²) in [6, 6.07) is 7.94. The van der Waals surface area contributed by atoms with E-state index in [1.165, 1.54) is 0 Å². The number of alkyl halides is 3. The van der Waals surface area contributed by atoms with Crippen LogP contribution in [0.25, 0.3) is 0 Å². The molecule has 2 N–H and O–H groups in total. The van der Waals surface area contributed by atoms with Crippen LogP contribution in [0, 0.1) is 0 Å². The van der Waals surface area contributed by atoms with Crippen LogP contribution < -0.4 is 15.4 Å². The Kier molecular flexibility index (Phi) is 10.8. The number of nitrogens with zero attached hydrogens (tertiary/aromatic N) is 3. The summed E-state index contributed by atoms with van der Waals surface area (Å²) in [4.78, 5) is 9.90. The third-order valence-corrected chi connectivity index (χ3v) is 5.17. The van der Waals surface area contributed by atoms with Gasteiger partial charge in [0.15, 0.2) is 11.7 Å². The van der Waals surface area contributed by atoms with Crippen molar-refractivity contribution in [2.75, 3.05) is 41.3 Å². The molecule has 1 aromatic carbocycles. The van der Waals surface area contributed by atoms with Crippen molar-refractivity contribution in [3.63, 3.8) is 0 Å². The van der Waals surface area contributed by atoms with Crippen LogP contribution >= 0.6 is 35.3 Å². The number of guanidine groups is 1. The summed E-state index contributed by atoms with van der Waals surface area (Å²) in [6.45, 7) is 1.02. The van der Waals surface area contributed by atoms with E-state index in [4.69, 9.17) is 4.74 Å². The van der Waals surface area contributed by atoms with Crippen molar-refractivity contribution in [1.29, 1.82) is 0 Å². The lowest BCUT2D eigenvalue weighted by Crippen LogP contribution is -2.42. The van der Waals surface area contributed by atoms with Gasteiger partial charge in [0.2, 0.25) is 0 Å². The number of methoxy groups -OCH3 is 1. The summed E-state index contributed by atoms with van der Waals surface area (Å²) in [7, 11) is 7.26. The van der Waals surface area contributed by atoms with Gasteiger partial charge < -0.3 is 20.3 Å². The summed E-state index contributed by atoms with van der Waals surface area (Å²) in [5.41, 5.74) is 0.256. The summed E-state index contributed by atoms with van der Waals surface area (Å²) in [5.74, 6) is 1.37. The molecule has 1 heterocycles. The van der Waals surface area contributed by atoms with Crippen molar-refractivity contribution >= 4 is 41.3 Å². The standard InChI is InChI=1S/C19H26F3N5OS.HI/c1-23-18(24-9-8-17-26-16(12-29-17)19(20,21)22)25-11-15(27(2)3)13-6-5-7-14(10-13)28-4;/h5-7,10,12,15H,8-9,11H2,1-4H3,(H2,23,24,25);1H. The third kappa shape index (κ3) is 7.91. The monoisotopic (exact) mass is 557 g/mol. The van der Waals surface area contributed by atoms with Crippen LogP contribution in [0.2, 0.25) is 0 Å². The highest BCUT2D eigenvalue weighted by Gasteiger charge is 2.33. The first-order chi connectivity index (χ1) is 13.7. The quantitative estimate of drug-likeness (QED) is 0.294. The zero-order valence-electron chi connectivity index (χ0n) is 17.3. The van der Waals surface area contributed by atoms with Gasteiger partial charge in [-0.25, -0.2) is 4.98 Å². The maximum Gasteiger partial charge on any atom is 0.434 e. The number of halogens is 4. The van der Waals surface area contributed by atoms with E-state index in [0.29, 0.717) is 30.5 Å². The number of rotatable bonds is 8. The number of aliphatic imine (C=N–C) groups is 1. The number of ether oxygens (including phenoxy) is 1. The largest absolute Gasteiger partial charge is 0.497 e. The molecule has 2 rings (SSSR count). The van der Waals surface area contributed by atoms with Crippen LogP contribution in [0.4, 0.5) is 13.2 Å². The highest BCUT2D eigenvalue weighted by molar-refractivity contribution is 14.0. The Balaban J connectivity index is 0.00000450. The number of thiazole rings is 1. The predicted molar refractivity (Wildman–Crippen MR) is 125 cm³/mol. The Bertz CT molecular complexity index is 813. The second kappa shape index (κ2) is 12.3. The molecule has 0 aliphatic carbocycles. The molecule has 0 radical (unpaired) electrons. The number of benzene rings is 1. The van der Waals surface area contributed by atoms with E-state index < -0.39 is 11.9 Å². The topological polar surface area (TPSA) is 61.8 Å². The highest BCUT2D eigenvalue weighted by Crippen LogP contribution is 2.30. The van der Waals surface area contributed by atoms with Gasteiger partial charge in [-0.15, -0.1) is 35.3 Å². The van der Waals surface area contributed by atoms with Gasteiger partial charge in [0.25, 0.3) is 0 Å². The number of nitrogens with one attached hydrogen (secondary N) is 2. The number of hydrogen-bond donors (Lipinski definition) is 2. The van der Waals surface area contributed by atoms with E-state index in [2.05, 4.69) is 25.5 Å². The van der Waals surface area contributed by atoms with Gasteiger partial charge in [-0.05, 0) is 31.8 Å². The van der Waals surface area contributed by atoms with E-state index in [1.807, 2.05) is 38.4 Å². The Labute approximate surface area is 196 Å². The van der Waals surface area contributed by atoms with Crippen LogP contribution in [-0.4, -0.2) is 57.2 Å². The number of aromatic nitrogens is 1. The van der Waals surface area contributed by atoms with Crippen molar-refractivity contribution < 1.29 is 17.9 Å². The molecule has 30 heavy (non-hydrogen) atoms. The van der Waals surface area contributed by atoms with E-state index in [1.54, 1.807) is 14.2 Å².